The average molecular weight is 856 g/mol. The normalized spacial score (nSPS) is 21.0. The first-order valence-corrected chi connectivity index (χ1v) is 26.2. The molecule has 8 atom stereocenters. The number of nitrogens with one attached hydrogen (secondary N) is 1. The molecule has 0 aromatic heterocycles. The van der Waals surface area contributed by atoms with Crippen molar-refractivity contribution in [3.63, 3.8) is 0 Å². The summed E-state index contributed by atoms with van der Waals surface area (Å²) in [7, 11) is 0. The van der Waals surface area contributed by atoms with Crippen molar-refractivity contribution < 1.29 is 39.8 Å². The number of amides is 1. The Balaban J connectivity index is 2.26. The molecule has 1 heterocycles. The third-order valence-corrected chi connectivity index (χ3v) is 13.0. The fourth-order valence-corrected chi connectivity index (χ4v) is 8.80. The Labute approximate surface area is 370 Å². The molecule has 0 saturated carbocycles. The number of ether oxygens (including phenoxy) is 2. The minimum atomic E-state index is -1.49. The lowest BCUT2D eigenvalue weighted by Crippen LogP contribution is -2.59. The molecule has 9 heteroatoms. The molecule has 1 aliphatic heterocycles. The van der Waals surface area contributed by atoms with E-state index < -0.39 is 49.0 Å². The van der Waals surface area contributed by atoms with E-state index in [-0.39, 0.29) is 12.5 Å². The first-order chi connectivity index (χ1) is 29.3. The highest BCUT2D eigenvalue weighted by Gasteiger charge is 2.44. The molecule has 0 bridgehead atoms. The highest BCUT2D eigenvalue weighted by atomic mass is 16.7. The van der Waals surface area contributed by atoms with Crippen molar-refractivity contribution in [2.45, 2.75) is 314 Å². The van der Waals surface area contributed by atoms with E-state index in [0.717, 1.165) is 38.5 Å². The zero-order valence-electron chi connectivity index (χ0n) is 39.7. The molecule has 1 aliphatic rings. The highest BCUT2D eigenvalue weighted by molar-refractivity contribution is 5.76. The molecule has 1 amide bonds. The SMILES string of the molecule is CCCCCCCCCCCCCCCCCCCCCCCCCC(=O)N[C@@H](CO[C@@H]1OC(CC)[C@H](O)[C@H](O)C1O)[C@H](O)[C@H](O)CCCCCCCCCCCCCC. The molecule has 60 heavy (non-hydrogen) atoms. The van der Waals surface area contributed by atoms with Crippen molar-refractivity contribution in [2.24, 2.45) is 0 Å². The van der Waals surface area contributed by atoms with Crippen molar-refractivity contribution in [1.29, 1.82) is 0 Å². The van der Waals surface area contributed by atoms with Crippen molar-refractivity contribution in [2.75, 3.05) is 6.61 Å². The van der Waals surface area contributed by atoms with Gasteiger partial charge in [-0.1, -0.05) is 239 Å². The zero-order valence-corrected chi connectivity index (χ0v) is 39.7. The van der Waals surface area contributed by atoms with Gasteiger partial charge in [-0.3, -0.25) is 4.79 Å². The van der Waals surface area contributed by atoms with E-state index in [2.05, 4.69) is 19.2 Å². The lowest BCUT2D eigenvalue weighted by molar-refractivity contribution is -0.299. The molecule has 0 aromatic carbocycles. The lowest BCUT2D eigenvalue weighted by Gasteiger charge is -2.40. The molecular formula is C51H101NO8. The van der Waals surface area contributed by atoms with Crippen LogP contribution < -0.4 is 5.32 Å². The summed E-state index contributed by atoms with van der Waals surface area (Å²) >= 11 is 0. The predicted molar refractivity (Wildman–Crippen MR) is 249 cm³/mol. The number of hydrogen-bond donors (Lipinski definition) is 6. The highest BCUT2D eigenvalue weighted by Crippen LogP contribution is 2.25. The van der Waals surface area contributed by atoms with Gasteiger partial charge < -0.3 is 40.3 Å². The summed E-state index contributed by atoms with van der Waals surface area (Å²) < 4.78 is 11.5. The van der Waals surface area contributed by atoms with Crippen LogP contribution in [0.15, 0.2) is 0 Å². The Bertz CT molecular complexity index is 924. The second kappa shape index (κ2) is 40.9. The van der Waals surface area contributed by atoms with Crippen LogP contribution >= 0.6 is 0 Å². The van der Waals surface area contributed by atoms with E-state index in [4.69, 9.17) is 9.47 Å². The number of hydrogen-bond acceptors (Lipinski definition) is 8. The van der Waals surface area contributed by atoms with Gasteiger partial charge in [-0.05, 0) is 19.3 Å². The minimum absolute atomic E-state index is 0.212. The minimum Gasteiger partial charge on any atom is -0.390 e. The van der Waals surface area contributed by atoms with Gasteiger partial charge in [0.05, 0.1) is 24.9 Å². The van der Waals surface area contributed by atoms with Crippen LogP contribution in [-0.4, -0.2) is 87.0 Å². The van der Waals surface area contributed by atoms with Crippen molar-refractivity contribution >= 4 is 5.91 Å². The summed E-state index contributed by atoms with van der Waals surface area (Å²) in [6.07, 6.45) is 37.6. The van der Waals surface area contributed by atoms with Gasteiger partial charge in [0, 0.05) is 6.42 Å². The molecule has 0 aliphatic carbocycles. The third kappa shape index (κ3) is 30.3. The van der Waals surface area contributed by atoms with Gasteiger partial charge in [0.2, 0.25) is 5.91 Å². The van der Waals surface area contributed by atoms with Gasteiger partial charge in [0.15, 0.2) is 6.29 Å². The summed E-state index contributed by atoms with van der Waals surface area (Å²) in [6.45, 7) is 6.11. The Morgan fingerprint density at radius 1 is 0.500 bits per heavy atom. The average Bonchev–Trinajstić information content (AvgIpc) is 3.25. The van der Waals surface area contributed by atoms with Crippen molar-refractivity contribution in [3.05, 3.63) is 0 Å². The largest absolute Gasteiger partial charge is 0.390 e. The van der Waals surface area contributed by atoms with Crippen molar-refractivity contribution in [1.82, 2.24) is 5.32 Å². The molecule has 1 saturated heterocycles. The Kier molecular flexibility index (Phi) is 39.0. The molecule has 0 aromatic rings. The standard InChI is InChI=1S/C51H101NO8/c1-4-7-9-11-13-15-17-19-20-21-22-23-24-25-26-27-28-29-31-33-35-37-39-41-46(54)52-43(42-59-51-50(58)49(57)48(56)45(6-3)60-51)47(55)44(53)40-38-36-34-32-30-18-16-14-12-10-8-5-2/h43-45,47-51,53,55-58H,4-42H2,1-3H3,(H,52,54)/t43-,44+,45?,47-,48-,49-,50?,51+/m0/s1. The molecule has 2 unspecified atom stereocenters. The van der Waals surface area contributed by atoms with Gasteiger partial charge in [0.1, 0.15) is 24.4 Å². The zero-order chi connectivity index (χ0) is 43.9. The van der Waals surface area contributed by atoms with Crippen molar-refractivity contribution in [3.8, 4) is 0 Å². The van der Waals surface area contributed by atoms with E-state index in [1.807, 2.05) is 0 Å². The Hall–Kier alpha value is -0.810. The molecule has 6 N–H and O–H groups in total. The van der Waals surface area contributed by atoms with Gasteiger partial charge in [-0.25, -0.2) is 0 Å². The van der Waals surface area contributed by atoms with Crippen LogP contribution in [0, 0.1) is 0 Å². The lowest BCUT2D eigenvalue weighted by atomic mass is 9.97. The van der Waals surface area contributed by atoms with Gasteiger partial charge in [-0.2, -0.15) is 0 Å². The fourth-order valence-electron chi connectivity index (χ4n) is 8.80. The quantitative estimate of drug-likeness (QED) is 0.0332. The van der Waals surface area contributed by atoms with Crippen LogP contribution in [0.1, 0.15) is 265 Å². The third-order valence-electron chi connectivity index (χ3n) is 13.0. The summed E-state index contributed by atoms with van der Waals surface area (Å²) in [4.78, 5) is 13.1. The molecular weight excluding hydrogens is 755 g/mol. The van der Waals surface area contributed by atoms with Crippen LogP contribution in [0.4, 0.5) is 0 Å². The monoisotopic (exact) mass is 856 g/mol. The van der Waals surface area contributed by atoms with E-state index >= 15 is 0 Å². The molecule has 1 rings (SSSR count). The summed E-state index contributed by atoms with van der Waals surface area (Å²) in [5.41, 5.74) is 0. The second-order valence-corrected chi connectivity index (χ2v) is 18.7. The molecule has 0 radical (unpaired) electrons. The first kappa shape index (κ1) is 57.2. The van der Waals surface area contributed by atoms with E-state index in [0.29, 0.717) is 19.3 Å². The topological polar surface area (TPSA) is 149 Å². The number of carbonyl (C=O) groups is 1. The number of rotatable bonds is 44. The number of carbonyl (C=O) groups excluding carboxylic acids is 1. The smallest absolute Gasteiger partial charge is 0.220 e. The molecule has 9 nitrogen and oxygen atoms in total. The maximum absolute atomic E-state index is 13.1. The predicted octanol–water partition coefficient (Wildman–Crippen LogP) is 11.9. The Morgan fingerprint density at radius 2 is 0.850 bits per heavy atom. The van der Waals surface area contributed by atoms with Crippen LogP contribution in [0.2, 0.25) is 0 Å². The van der Waals surface area contributed by atoms with Crippen LogP contribution in [0.3, 0.4) is 0 Å². The van der Waals surface area contributed by atoms with Gasteiger partial charge >= 0.3 is 0 Å². The summed E-state index contributed by atoms with van der Waals surface area (Å²) in [6, 6.07) is -0.922. The van der Waals surface area contributed by atoms with Gasteiger partial charge in [0.25, 0.3) is 0 Å². The number of aliphatic hydroxyl groups excluding tert-OH is 5. The fraction of sp³-hybridized carbons (Fsp3) is 0.980. The maximum atomic E-state index is 13.1. The number of aliphatic hydroxyl groups is 5. The summed E-state index contributed by atoms with van der Waals surface area (Å²) in [5, 5.41) is 56.2. The van der Waals surface area contributed by atoms with E-state index in [1.165, 1.54) is 186 Å². The Morgan fingerprint density at radius 3 is 1.22 bits per heavy atom. The van der Waals surface area contributed by atoms with Crippen LogP contribution in [-0.2, 0) is 14.3 Å². The maximum Gasteiger partial charge on any atom is 0.220 e. The van der Waals surface area contributed by atoms with E-state index in [9.17, 15) is 30.3 Å². The van der Waals surface area contributed by atoms with Crippen LogP contribution in [0.5, 0.6) is 0 Å². The molecule has 358 valence electrons. The van der Waals surface area contributed by atoms with E-state index in [1.54, 1.807) is 6.92 Å². The summed E-state index contributed by atoms with van der Waals surface area (Å²) in [5.74, 6) is -0.212. The number of unbranched alkanes of at least 4 members (excludes halogenated alkanes) is 33. The van der Waals surface area contributed by atoms with Gasteiger partial charge in [-0.15, -0.1) is 0 Å². The molecule has 0 spiro atoms. The second-order valence-electron chi connectivity index (χ2n) is 18.7. The molecule has 1 fully saturated rings. The first-order valence-electron chi connectivity index (χ1n) is 26.2. The van der Waals surface area contributed by atoms with Crippen LogP contribution in [0.25, 0.3) is 0 Å².